The van der Waals surface area contributed by atoms with E-state index in [0.717, 1.165) is 17.5 Å². The van der Waals surface area contributed by atoms with Gasteiger partial charge in [0, 0.05) is 5.69 Å². The summed E-state index contributed by atoms with van der Waals surface area (Å²) in [5.41, 5.74) is 2.93. The maximum atomic E-state index is 12.9. The third kappa shape index (κ3) is 2.12. The van der Waals surface area contributed by atoms with E-state index in [-0.39, 0.29) is 47.9 Å². The van der Waals surface area contributed by atoms with Gasteiger partial charge < -0.3 is 5.32 Å². The van der Waals surface area contributed by atoms with Gasteiger partial charge in [-0.3, -0.25) is 19.3 Å². The second-order valence-electron chi connectivity index (χ2n) is 8.26. The number of benzene rings is 1. The molecule has 6 rings (SSSR count). The van der Waals surface area contributed by atoms with E-state index in [1.165, 1.54) is 4.90 Å². The Hall–Kier alpha value is -2.43. The van der Waals surface area contributed by atoms with Crippen molar-refractivity contribution in [3.8, 4) is 0 Å². The third-order valence-electron chi connectivity index (χ3n) is 6.85. The maximum absolute atomic E-state index is 12.9. The number of allylic oxidation sites excluding steroid dienone is 2. The van der Waals surface area contributed by atoms with Crippen LogP contribution in [-0.4, -0.2) is 29.2 Å². The fourth-order valence-corrected chi connectivity index (χ4v) is 5.34. The maximum Gasteiger partial charge on any atom is 0.244 e. The van der Waals surface area contributed by atoms with E-state index in [1.54, 1.807) is 0 Å². The zero-order valence-corrected chi connectivity index (χ0v) is 14.9. The largest absolute Gasteiger partial charge is 0.325 e. The molecule has 1 aliphatic heterocycles. The molecule has 1 heterocycles. The molecular formula is C21H22N2O3. The van der Waals surface area contributed by atoms with E-state index >= 15 is 0 Å². The number of hydrogen-bond donors (Lipinski definition) is 1. The van der Waals surface area contributed by atoms with Crippen molar-refractivity contribution in [3.05, 3.63) is 41.5 Å². The Morgan fingerprint density at radius 1 is 1.04 bits per heavy atom. The standard InChI is InChI=1S/C21H22N2O3/c1-10-3-4-12(7-11(10)2)22-17(24)9-23-20(25)18-13-5-6-14(16-8-15(13)16)19(18)21(23)26/h3-7,13-16,18-19H,8-9H2,1-2H3,(H,22,24)/t13-,14-,15-,16-,18+,19+/m0/s1. The second-order valence-corrected chi connectivity index (χ2v) is 8.26. The molecule has 2 saturated carbocycles. The number of rotatable bonds is 3. The highest BCUT2D eigenvalue weighted by Crippen LogP contribution is 2.65. The van der Waals surface area contributed by atoms with Gasteiger partial charge in [0.25, 0.3) is 0 Å². The fraction of sp³-hybridized carbons (Fsp3) is 0.476. The monoisotopic (exact) mass is 350 g/mol. The SMILES string of the molecule is Cc1ccc(NC(=O)CN2C(=O)[C@@H]3[C@H]4C=C[C@@H]([C@@H]5C[C@@H]45)[C@H]3C2=O)cc1C. The number of nitrogens with zero attached hydrogens (tertiary/aromatic N) is 1. The summed E-state index contributed by atoms with van der Waals surface area (Å²) in [4.78, 5) is 39.4. The molecule has 0 aromatic heterocycles. The first-order chi connectivity index (χ1) is 12.5. The van der Waals surface area contributed by atoms with E-state index < -0.39 is 0 Å². The summed E-state index contributed by atoms with van der Waals surface area (Å²) in [6.07, 6.45) is 5.43. The summed E-state index contributed by atoms with van der Waals surface area (Å²) in [7, 11) is 0. The van der Waals surface area contributed by atoms with E-state index in [2.05, 4.69) is 17.5 Å². The van der Waals surface area contributed by atoms with Gasteiger partial charge in [-0.15, -0.1) is 0 Å². The molecule has 134 valence electrons. The third-order valence-corrected chi connectivity index (χ3v) is 6.85. The Balaban J connectivity index is 1.32. The number of carbonyl (C=O) groups is 3. The number of amides is 3. The van der Waals surface area contributed by atoms with Gasteiger partial charge in [0.1, 0.15) is 6.54 Å². The van der Waals surface area contributed by atoms with Gasteiger partial charge in [-0.25, -0.2) is 0 Å². The number of nitrogens with one attached hydrogen (secondary N) is 1. The molecule has 0 unspecified atom stereocenters. The topological polar surface area (TPSA) is 66.5 Å². The van der Waals surface area contributed by atoms with Crippen LogP contribution < -0.4 is 5.32 Å². The van der Waals surface area contributed by atoms with Crippen LogP contribution in [0.5, 0.6) is 0 Å². The zero-order chi connectivity index (χ0) is 18.2. The summed E-state index contributed by atoms with van der Waals surface area (Å²) in [6.45, 7) is 3.81. The molecule has 26 heavy (non-hydrogen) atoms. The summed E-state index contributed by atoms with van der Waals surface area (Å²) >= 11 is 0. The zero-order valence-electron chi connectivity index (χ0n) is 14.9. The summed E-state index contributed by atoms with van der Waals surface area (Å²) in [5, 5.41) is 2.81. The van der Waals surface area contributed by atoms with Crippen LogP contribution in [0.15, 0.2) is 30.4 Å². The van der Waals surface area contributed by atoms with Crippen LogP contribution >= 0.6 is 0 Å². The number of anilines is 1. The van der Waals surface area contributed by atoms with Crippen LogP contribution in [0.25, 0.3) is 0 Å². The molecule has 4 aliphatic carbocycles. The molecule has 0 spiro atoms. The normalized spacial score (nSPS) is 36.2. The van der Waals surface area contributed by atoms with E-state index in [4.69, 9.17) is 0 Å². The van der Waals surface area contributed by atoms with Crippen LogP contribution in [0.3, 0.4) is 0 Å². The molecule has 2 bridgehead atoms. The lowest BCUT2D eigenvalue weighted by atomic mass is 9.63. The Morgan fingerprint density at radius 2 is 1.65 bits per heavy atom. The van der Waals surface area contributed by atoms with Crippen molar-refractivity contribution in [1.29, 1.82) is 0 Å². The van der Waals surface area contributed by atoms with Gasteiger partial charge in [-0.1, -0.05) is 18.2 Å². The lowest BCUT2D eigenvalue weighted by Crippen LogP contribution is -2.40. The quantitative estimate of drug-likeness (QED) is 0.672. The average Bonchev–Trinajstić information content (AvgIpc) is 3.39. The predicted molar refractivity (Wildman–Crippen MR) is 96.0 cm³/mol. The molecule has 3 amide bonds. The molecule has 1 N–H and O–H groups in total. The highest BCUT2D eigenvalue weighted by molar-refractivity contribution is 6.09. The molecule has 5 nitrogen and oxygen atoms in total. The van der Waals surface area contributed by atoms with Crippen LogP contribution in [0.2, 0.25) is 0 Å². The number of carbonyl (C=O) groups excluding carboxylic acids is 3. The minimum Gasteiger partial charge on any atom is -0.325 e. The fourth-order valence-electron chi connectivity index (χ4n) is 5.34. The van der Waals surface area contributed by atoms with Crippen molar-refractivity contribution in [3.63, 3.8) is 0 Å². The van der Waals surface area contributed by atoms with Crippen LogP contribution in [-0.2, 0) is 14.4 Å². The minimum atomic E-state index is -0.320. The smallest absolute Gasteiger partial charge is 0.244 e. The highest BCUT2D eigenvalue weighted by atomic mass is 16.2. The Bertz CT molecular complexity index is 838. The van der Waals surface area contributed by atoms with Crippen molar-refractivity contribution in [2.75, 3.05) is 11.9 Å². The van der Waals surface area contributed by atoms with Crippen LogP contribution in [0, 0.1) is 49.4 Å². The number of hydrogen-bond acceptors (Lipinski definition) is 3. The molecule has 3 fully saturated rings. The summed E-state index contributed by atoms with van der Waals surface area (Å²) in [5.74, 6) is 0.434. The van der Waals surface area contributed by atoms with Crippen molar-refractivity contribution >= 4 is 23.4 Å². The first-order valence-corrected chi connectivity index (χ1v) is 9.36. The number of imide groups is 1. The Labute approximate surface area is 152 Å². The highest BCUT2D eigenvalue weighted by Gasteiger charge is 2.67. The molecule has 5 aliphatic rings. The lowest BCUT2D eigenvalue weighted by Gasteiger charge is -2.37. The van der Waals surface area contributed by atoms with Gasteiger partial charge in [0.05, 0.1) is 11.8 Å². The van der Waals surface area contributed by atoms with Crippen LogP contribution in [0.1, 0.15) is 17.5 Å². The van der Waals surface area contributed by atoms with Crippen LogP contribution in [0.4, 0.5) is 5.69 Å². The number of likely N-dealkylation sites (tertiary alicyclic amines) is 1. The van der Waals surface area contributed by atoms with E-state index in [0.29, 0.717) is 17.5 Å². The molecule has 1 aromatic rings. The molecular weight excluding hydrogens is 328 g/mol. The Morgan fingerprint density at radius 3 is 2.23 bits per heavy atom. The van der Waals surface area contributed by atoms with E-state index in [1.807, 2.05) is 32.0 Å². The van der Waals surface area contributed by atoms with Crippen molar-refractivity contribution in [1.82, 2.24) is 4.90 Å². The van der Waals surface area contributed by atoms with E-state index in [9.17, 15) is 14.4 Å². The molecule has 1 saturated heterocycles. The van der Waals surface area contributed by atoms with Gasteiger partial charge >= 0.3 is 0 Å². The molecule has 6 atom stereocenters. The molecule has 5 heteroatoms. The van der Waals surface area contributed by atoms with Gasteiger partial charge in [-0.2, -0.15) is 0 Å². The summed E-state index contributed by atoms with van der Waals surface area (Å²) < 4.78 is 0. The van der Waals surface area contributed by atoms with Gasteiger partial charge in [-0.05, 0) is 67.2 Å². The van der Waals surface area contributed by atoms with Gasteiger partial charge in [0.15, 0.2) is 0 Å². The molecule has 1 aromatic carbocycles. The minimum absolute atomic E-state index is 0.153. The van der Waals surface area contributed by atoms with Crippen molar-refractivity contribution in [2.45, 2.75) is 20.3 Å². The Kier molecular flexibility index (Phi) is 3.21. The first kappa shape index (κ1) is 15.8. The van der Waals surface area contributed by atoms with Crippen molar-refractivity contribution in [2.24, 2.45) is 35.5 Å². The summed E-state index contributed by atoms with van der Waals surface area (Å²) in [6, 6.07) is 5.69. The second kappa shape index (κ2) is 5.29. The predicted octanol–water partition coefficient (Wildman–Crippen LogP) is 2.30. The number of aryl methyl sites for hydroxylation is 2. The van der Waals surface area contributed by atoms with Gasteiger partial charge in [0.2, 0.25) is 17.7 Å². The molecule has 0 radical (unpaired) electrons. The average molecular weight is 350 g/mol. The lowest BCUT2D eigenvalue weighted by molar-refractivity contribution is -0.142. The first-order valence-electron chi connectivity index (χ1n) is 9.36. The van der Waals surface area contributed by atoms with Crippen molar-refractivity contribution < 1.29 is 14.4 Å².